The minimum Gasteiger partial charge on any atom is -0.496 e. The van der Waals surface area contributed by atoms with Crippen LogP contribution in [-0.4, -0.2) is 12.0 Å². The van der Waals surface area contributed by atoms with Crippen molar-refractivity contribution >= 4 is 5.69 Å². The summed E-state index contributed by atoms with van der Waals surface area (Å²) in [4.78, 5) is 10.5. The van der Waals surface area contributed by atoms with Crippen LogP contribution in [0.5, 0.6) is 5.75 Å². The quantitative estimate of drug-likeness (QED) is 0.613. The van der Waals surface area contributed by atoms with Crippen molar-refractivity contribution < 1.29 is 9.66 Å². The summed E-state index contributed by atoms with van der Waals surface area (Å²) in [6.07, 6.45) is 0. The van der Waals surface area contributed by atoms with Gasteiger partial charge in [0.05, 0.1) is 12.0 Å². The van der Waals surface area contributed by atoms with Gasteiger partial charge in [0.15, 0.2) is 0 Å². The molecule has 4 nitrogen and oxygen atoms in total. The molecule has 0 unspecified atom stereocenters. The first-order valence-corrected chi connectivity index (χ1v) is 6.76. The molecule has 0 spiro atoms. The van der Waals surface area contributed by atoms with Crippen LogP contribution in [0.25, 0.3) is 11.1 Å². The normalized spacial score (nSPS) is 11.2. The van der Waals surface area contributed by atoms with Crippen LogP contribution < -0.4 is 4.74 Å². The Kier molecular flexibility index (Phi) is 3.98. The molecule has 0 aliphatic carbocycles. The van der Waals surface area contributed by atoms with Crippen molar-refractivity contribution in [1.82, 2.24) is 0 Å². The van der Waals surface area contributed by atoms with Crippen molar-refractivity contribution in [3.63, 3.8) is 0 Å². The number of nitrogens with zero attached hydrogens (tertiary/aromatic N) is 1. The Morgan fingerprint density at radius 1 is 1.05 bits per heavy atom. The highest BCUT2D eigenvalue weighted by molar-refractivity contribution is 5.73. The fraction of sp³-hybridized carbons (Fsp3) is 0.294. The van der Waals surface area contributed by atoms with Crippen molar-refractivity contribution in [1.29, 1.82) is 0 Å². The molecule has 0 fully saturated rings. The van der Waals surface area contributed by atoms with Crippen LogP contribution in [0.3, 0.4) is 0 Å². The molecule has 4 heteroatoms. The Bertz CT molecular complexity index is 655. The van der Waals surface area contributed by atoms with Gasteiger partial charge in [0.1, 0.15) is 5.75 Å². The number of benzene rings is 2. The highest BCUT2D eigenvalue weighted by atomic mass is 16.6. The third kappa shape index (κ3) is 3.21. The summed E-state index contributed by atoms with van der Waals surface area (Å²) in [6.45, 7) is 6.45. The van der Waals surface area contributed by atoms with Gasteiger partial charge >= 0.3 is 0 Å². The predicted octanol–water partition coefficient (Wildman–Crippen LogP) is 4.57. The number of nitro benzene ring substituents is 1. The molecule has 0 aliphatic heterocycles. The second kappa shape index (κ2) is 5.56. The van der Waals surface area contributed by atoms with Crippen LogP contribution in [0.2, 0.25) is 0 Å². The molecular weight excluding hydrogens is 266 g/mol. The maximum absolute atomic E-state index is 10.9. The molecule has 0 N–H and O–H groups in total. The number of ether oxygens (including phenoxy) is 1. The molecule has 0 atom stereocenters. The molecule has 0 aliphatic rings. The molecule has 0 aromatic heterocycles. The maximum atomic E-state index is 10.9. The van der Waals surface area contributed by atoms with E-state index < -0.39 is 4.92 Å². The van der Waals surface area contributed by atoms with Crippen molar-refractivity contribution in [3.05, 3.63) is 58.1 Å². The summed E-state index contributed by atoms with van der Waals surface area (Å²) in [5.74, 6) is 0.629. The molecule has 0 heterocycles. The summed E-state index contributed by atoms with van der Waals surface area (Å²) >= 11 is 0. The first-order valence-electron chi connectivity index (χ1n) is 6.76. The van der Waals surface area contributed by atoms with Crippen molar-refractivity contribution in [2.24, 2.45) is 0 Å². The van der Waals surface area contributed by atoms with E-state index in [0.717, 1.165) is 11.1 Å². The number of non-ortho nitro benzene ring substituents is 1. The van der Waals surface area contributed by atoms with E-state index in [1.165, 1.54) is 11.6 Å². The van der Waals surface area contributed by atoms with Crippen LogP contribution in [0.4, 0.5) is 5.69 Å². The zero-order valence-electron chi connectivity index (χ0n) is 12.7. The molecule has 110 valence electrons. The van der Waals surface area contributed by atoms with Gasteiger partial charge in [-0.15, -0.1) is 0 Å². The van der Waals surface area contributed by atoms with Crippen LogP contribution in [-0.2, 0) is 5.41 Å². The highest BCUT2D eigenvalue weighted by Gasteiger charge is 2.16. The van der Waals surface area contributed by atoms with E-state index in [2.05, 4.69) is 20.8 Å². The van der Waals surface area contributed by atoms with Gasteiger partial charge in [0.2, 0.25) is 0 Å². The van der Waals surface area contributed by atoms with Crippen LogP contribution in [0.15, 0.2) is 42.5 Å². The fourth-order valence-corrected chi connectivity index (χ4v) is 2.18. The smallest absolute Gasteiger partial charge is 0.270 e. The zero-order valence-corrected chi connectivity index (χ0v) is 12.7. The van der Waals surface area contributed by atoms with Crippen LogP contribution >= 0.6 is 0 Å². The number of hydrogen-bond acceptors (Lipinski definition) is 3. The Morgan fingerprint density at radius 2 is 1.67 bits per heavy atom. The van der Waals surface area contributed by atoms with Gasteiger partial charge in [-0.05, 0) is 22.6 Å². The van der Waals surface area contributed by atoms with Crippen molar-refractivity contribution in [2.75, 3.05) is 7.11 Å². The lowest BCUT2D eigenvalue weighted by Crippen LogP contribution is -2.10. The monoisotopic (exact) mass is 285 g/mol. The third-order valence-corrected chi connectivity index (χ3v) is 3.46. The van der Waals surface area contributed by atoms with Crippen LogP contribution in [0, 0.1) is 10.1 Å². The third-order valence-electron chi connectivity index (χ3n) is 3.46. The topological polar surface area (TPSA) is 52.4 Å². The first kappa shape index (κ1) is 15.0. The summed E-state index contributed by atoms with van der Waals surface area (Å²) in [7, 11) is 1.56. The summed E-state index contributed by atoms with van der Waals surface area (Å²) < 4.78 is 5.31. The average molecular weight is 285 g/mol. The summed E-state index contributed by atoms with van der Waals surface area (Å²) in [6, 6.07) is 12.7. The van der Waals surface area contributed by atoms with E-state index in [9.17, 15) is 10.1 Å². The van der Waals surface area contributed by atoms with Crippen molar-refractivity contribution in [3.8, 4) is 16.9 Å². The van der Waals surface area contributed by atoms with Gasteiger partial charge in [0, 0.05) is 17.7 Å². The Morgan fingerprint density at radius 3 is 2.14 bits per heavy atom. The molecule has 0 amide bonds. The Balaban J connectivity index is 2.50. The number of rotatable bonds is 3. The van der Waals surface area contributed by atoms with Gasteiger partial charge < -0.3 is 4.74 Å². The van der Waals surface area contributed by atoms with E-state index in [1.807, 2.05) is 24.3 Å². The number of nitro groups is 1. The summed E-state index contributed by atoms with van der Waals surface area (Å²) in [5, 5.41) is 10.9. The standard InChI is InChI=1S/C17H19NO3/c1-17(2,3)13-7-5-12(6-8-13)15-11-14(18(19)20)9-10-16(15)21-4/h5-11H,1-4H3. The van der Waals surface area contributed by atoms with Crippen LogP contribution in [0.1, 0.15) is 26.3 Å². The van der Waals surface area contributed by atoms with Gasteiger partial charge in [-0.25, -0.2) is 0 Å². The predicted molar refractivity (Wildman–Crippen MR) is 83.8 cm³/mol. The molecule has 0 saturated carbocycles. The first-order chi connectivity index (χ1) is 9.82. The molecule has 2 rings (SSSR count). The van der Waals surface area contributed by atoms with E-state index in [4.69, 9.17) is 4.74 Å². The molecule has 21 heavy (non-hydrogen) atoms. The zero-order chi connectivity index (χ0) is 15.6. The van der Waals surface area contributed by atoms with Crippen molar-refractivity contribution in [2.45, 2.75) is 26.2 Å². The SMILES string of the molecule is COc1ccc([N+](=O)[O-])cc1-c1ccc(C(C)(C)C)cc1. The van der Waals surface area contributed by atoms with E-state index >= 15 is 0 Å². The van der Waals surface area contributed by atoms with Gasteiger partial charge in [-0.1, -0.05) is 45.0 Å². The fourth-order valence-electron chi connectivity index (χ4n) is 2.18. The maximum Gasteiger partial charge on any atom is 0.270 e. The Labute approximate surface area is 124 Å². The lowest BCUT2D eigenvalue weighted by atomic mass is 9.86. The van der Waals surface area contributed by atoms with Gasteiger partial charge in [-0.3, -0.25) is 10.1 Å². The molecule has 0 bridgehead atoms. The molecule has 2 aromatic carbocycles. The largest absolute Gasteiger partial charge is 0.496 e. The molecular formula is C17H19NO3. The lowest BCUT2D eigenvalue weighted by molar-refractivity contribution is -0.384. The average Bonchev–Trinajstić information content (AvgIpc) is 2.45. The molecule has 2 aromatic rings. The molecule has 0 saturated heterocycles. The van der Waals surface area contributed by atoms with E-state index in [0.29, 0.717) is 5.75 Å². The number of methoxy groups -OCH3 is 1. The van der Waals surface area contributed by atoms with Gasteiger partial charge in [0.25, 0.3) is 5.69 Å². The van der Waals surface area contributed by atoms with E-state index in [1.54, 1.807) is 19.2 Å². The van der Waals surface area contributed by atoms with E-state index in [-0.39, 0.29) is 11.1 Å². The second-order valence-electron chi connectivity index (χ2n) is 5.97. The van der Waals surface area contributed by atoms with Gasteiger partial charge in [-0.2, -0.15) is 0 Å². The second-order valence-corrected chi connectivity index (χ2v) is 5.97. The molecule has 0 radical (unpaired) electrons. The Hall–Kier alpha value is -2.36. The minimum atomic E-state index is -0.396. The lowest BCUT2D eigenvalue weighted by Gasteiger charge is -2.19. The number of hydrogen-bond donors (Lipinski definition) is 0. The minimum absolute atomic E-state index is 0.0608. The summed E-state index contributed by atoms with van der Waals surface area (Å²) in [5.41, 5.74) is 2.99. The highest BCUT2D eigenvalue weighted by Crippen LogP contribution is 2.34.